The van der Waals surface area contributed by atoms with Gasteiger partial charge in [-0.15, -0.1) is 0 Å². The van der Waals surface area contributed by atoms with E-state index in [0.717, 1.165) is 24.3 Å². The molecule has 0 saturated carbocycles. The second kappa shape index (κ2) is 6.77. The first-order valence-electron chi connectivity index (χ1n) is 6.20. The van der Waals surface area contributed by atoms with Crippen molar-refractivity contribution >= 4 is 40.3 Å². The monoisotopic (exact) mass is 313 g/mol. The maximum absolute atomic E-state index is 13.3. The number of pyridine rings is 1. The number of nitrogens with one attached hydrogen (secondary N) is 2. The van der Waals surface area contributed by atoms with Gasteiger partial charge in [0.15, 0.2) is 5.82 Å². The van der Waals surface area contributed by atoms with Crippen LogP contribution < -0.4 is 10.6 Å². The number of halogens is 3. The van der Waals surface area contributed by atoms with Crippen molar-refractivity contribution < 1.29 is 4.39 Å². The molecule has 2 rings (SSSR count). The van der Waals surface area contributed by atoms with E-state index in [2.05, 4.69) is 22.5 Å². The summed E-state index contributed by atoms with van der Waals surface area (Å²) in [5, 5.41) is 6.29. The Hall–Kier alpha value is -1.52. The van der Waals surface area contributed by atoms with Crippen molar-refractivity contribution in [2.75, 3.05) is 17.2 Å². The minimum Gasteiger partial charge on any atom is -0.384 e. The minimum atomic E-state index is -0.615. The number of hydrogen-bond donors (Lipinski definition) is 2. The van der Waals surface area contributed by atoms with E-state index in [1.807, 2.05) is 6.07 Å². The summed E-state index contributed by atoms with van der Waals surface area (Å²) in [6.07, 6.45) is 4.44. The van der Waals surface area contributed by atoms with Crippen molar-refractivity contribution in [1.82, 2.24) is 4.98 Å². The van der Waals surface area contributed by atoms with E-state index in [-0.39, 0.29) is 10.0 Å². The number of rotatable bonds is 5. The van der Waals surface area contributed by atoms with Gasteiger partial charge in [-0.2, -0.15) is 0 Å². The Bertz CT molecular complexity index is 582. The van der Waals surface area contributed by atoms with E-state index in [1.165, 1.54) is 12.1 Å². The van der Waals surface area contributed by atoms with Crippen molar-refractivity contribution in [3.8, 4) is 0 Å². The first kappa shape index (κ1) is 14.9. The van der Waals surface area contributed by atoms with Crippen LogP contribution in [0.3, 0.4) is 0 Å². The largest absolute Gasteiger partial charge is 0.384 e. The molecule has 6 heteroatoms. The number of benzene rings is 1. The average Bonchev–Trinajstić information content (AvgIpc) is 2.43. The molecule has 0 spiro atoms. The third kappa shape index (κ3) is 3.74. The standard InChI is InChI=1S/C14H14Cl2FN3/c1-2-3-19-10-4-11(8-18-7-10)20-9-5-12(15)14(17)13(16)6-9/h4-8,19-20H,2-3H2,1H3. The molecule has 106 valence electrons. The molecule has 0 bridgehead atoms. The zero-order valence-corrected chi connectivity index (χ0v) is 12.4. The maximum atomic E-state index is 13.3. The van der Waals surface area contributed by atoms with Crippen LogP contribution in [-0.4, -0.2) is 11.5 Å². The number of aromatic nitrogens is 1. The van der Waals surface area contributed by atoms with Gasteiger partial charge >= 0.3 is 0 Å². The summed E-state index contributed by atoms with van der Waals surface area (Å²) < 4.78 is 13.3. The molecule has 0 radical (unpaired) electrons. The van der Waals surface area contributed by atoms with Gasteiger partial charge in [-0.1, -0.05) is 30.1 Å². The molecule has 2 aromatic rings. The van der Waals surface area contributed by atoms with Crippen LogP contribution in [-0.2, 0) is 0 Å². The Morgan fingerprint density at radius 2 is 1.70 bits per heavy atom. The molecule has 0 unspecified atom stereocenters. The fourth-order valence-electron chi connectivity index (χ4n) is 1.67. The van der Waals surface area contributed by atoms with Crippen LogP contribution in [0.25, 0.3) is 0 Å². The highest BCUT2D eigenvalue weighted by Gasteiger charge is 2.08. The highest BCUT2D eigenvalue weighted by atomic mass is 35.5. The molecule has 0 aliphatic rings. The summed E-state index contributed by atoms with van der Waals surface area (Å²) in [6, 6.07) is 4.87. The zero-order chi connectivity index (χ0) is 14.5. The Balaban J connectivity index is 2.17. The third-order valence-electron chi connectivity index (χ3n) is 2.59. The Kier molecular flexibility index (Phi) is 5.04. The van der Waals surface area contributed by atoms with Gasteiger partial charge < -0.3 is 10.6 Å². The van der Waals surface area contributed by atoms with Gasteiger partial charge in [0, 0.05) is 12.2 Å². The molecule has 1 aromatic heterocycles. The van der Waals surface area contributed by atoms with Gasteiger partial charge in [0.05, 0.1) is 33.8 Å². The highest BCUT2D eigenvalue weighted by Crippen LogP contribution is 2.29. The van der Waals surface area contributed by atoms with Crippen molar-refractivity contribution in [2.24, 2.45) is 0 Å². The Morgan fingerprint density at radius 1 is 1.05 bits per heavy atom. The molecule has 3 nitrogen and oxygen atoms in total. The molecule has 0 aliphatic carbocycles. The SMILES string of the molecule is CCCNc1cncc(Nc2cc(Cl)c(F)c(Cl)c2)c1. The third-order valence-corrected chi connectivity index (χ3v) is 3.14. The van der Waals surface area contributed by atoms with Gasteiger partial charge in [-0.3, -0.25) is 4.98 Å². The Morgan fingerprint density at radius 3 is 2.35 bits per heavy atom. The maximum Gasteiger partial charge on any atom is 0.160 e. The fraction of sp³-hybridized carbons (Fsp3) is 0.214. The lowest BCUT2D eigenvalue weighted by Gasteiger charge is -2.10. The summed E-state index contributed by atoms with van der Waals surface area (Å²) >= 11 is 11.5. The van der Waals surface area contributed by atoms with E-state index in [9.17, 15) is 4.39 Å². The molecule has 20 heavy (non-hydrogen) atoms. The second-order valence-electron chi connectivity index (χ2n) is 4.27. The van der Waals surface area contributed by atoms with E-state index in [1.54, 1.807) is 12.4 Å². The van der Waals surface area contributed by atoms with Gasteiger partial charge in [0.1, 0.15) is 0 Å². The van der Waals surface area contributed by atoms with Crippen LogP contribution in [0.1, 0.15) is 13.3 Å². The van der Waals surface area contributed by atoms with E-state index in [0.29, 0.717) is 5.69 Å². The van der Waals surface area contributed by atoms with Crippen molar-refractivity contribution in [2.45, 2.75) is 13.3 Å². The number of nitrogens with zero attached hydrogens (tertiary/aromatic N) is 1. The first-order valence-corrected chi connectivity index (χ1v) is 6.96. The van der Waals surface area contributed by atoms with E-state index in [4.69, 9.17) is 23.2 Å². The summed E-state index contributed by atoms with van der Waals surface area (Å²) in [6.45, 7) is 2.96. The lowest BCUT2D eigenvalue weighted by molar-refractivity contribution is 0.629. The van der Waals surface area contributed by atoms with Crippen LogP contribution in [0.4, 0.5) is 21.5 Å². The molecule has 1 heterocycles. The quantitative estimate of drug-likeness (QED) is 0.755. The lowest BCUT2D eigenvalue weighted by Crippen LogP contribution is -2.01. The smallest absolute Gasteiger partial charge is 0.160 e. The van der Waals surface area contributed by atoms with Crippen LogP contribution in [0, 0.1) is 5.82 Å². The molecular weight excluding hydrogens is 300 g/mol. The average molecular weight is 314 g/mol. The lowest BCUT2D eigenvalue weighted by atomic mass is 10.3. The molecule has 2 N–H and O–H groups in total. The first-order chi connectivity index (χ1) is 9.60. The number of anilines is 3. The highest BCUT2D eigenvalue weighted by molar-refractivity contribution is 6.35. The van der Waals surface area contributed by atoms with Crippen LogP contribution >= 0.6 is 23.2 Å². The molecule has 0 amide bonds. The van der Waals surface area contributed by atoms with E-state index < -0.39 is 5.82 Å². The van der Waals surface area contributed by atoms with Gasteiger partial charge in [-0.25, -0.2) is 4.39 Å². The molecule has 0 atom stereocenters. The van der Waals surface area contributed by atoms with Crippen molar-refractivity contribution in [3.05, 3.63) is 46.5 Å². The molecule has 0 aliphatic heterocycles. The summed E-state index contributed by atoms with van der Waals surface area (Å²) in [5.74, 6) is -0.615. The normalized spacial score (nSPS) is 10.4. The predicted molar refractivity (Wildman–Crippen MR) is 82.7 cm³/mol. The van der Waals surface area contributed by atoms with Crippen LogP contribution in [0.2, 0.25) is 10.0 Å². The molecule has 1 aromatic carbocycles. The second-order valence-corrected chi connectivity index (χ2v) is 5.08. The number of hydrogen-bond acceptors (Lipinski definition) is 3. The topological polar surface area (TPSA) is 37.0 Å². The Labute approximate surface area is 127 Å². The van der Waals surface area contributed by atoms with Gasteiger partial charge in [0.2, 0.25) is 0 Å². The van der Waals surface area contributed by atoms with Crippen molar-refractivity contribution in [1.29, 1.82) is 0 Å². The van der Waals surface area contributed by atoms with Crippen LogP contribution in [0.15, 0.2) is 30.6 Å². The van der Waals surface area contributed by atoms with Crippen molar-refractivity contribution in [3.63, 3.8) is 0 Å². The van der Waals surface area contributed by atoms with Crippen LogP contribution in [0.5, 0.6) is 0 Å². The molecule has 0 fully saturated rings. The summed E-state index contributed by atoms with van der Waals surface area (Å²) in [5.41, 5.74) is 2.29. The summed E-state index contributed by atoms with van der Waals surface area (Å²) in [4.78, 5) is 4.13. The molecular formula is C14H14Cl2FN3. The molecule has 0 saturated heterocycles. The van der Waals surface area contributed by atoms with E-state index >= 15 is 0 Å². The fourth-order valence-corrected chi connectivity index (χ4v) is 2.16. The summed E-state index contributed by atoms with van der Waals surface area (Å²) in [7, 11) is 0. The zero-order valence-electron chi connectivity index (χ0n) is 10.9. The minimum absolute atomic E-state index is 0.0202. The van der Waals surface area contributed by atoms with Gasteiger partial charge in [-0.05, 0) is 24.6 Å². The predicted octanol–water partition coefficient (Wildman–Crippen LogP) is 5.09. The van der Waals surface area contributed by atoms with Gasteiger partial charge in [0.25, 0.3) is 0 Å².